The fraction of sp³-hybridized carbons (Fsp3) is 0.0500. The Balaban J connectivity index is 1.77. The summed E-state index contributed by atoms with van der Waals surface area (Å²) in [6.07, 6.45) is 0. The van der Waals surface area contributed by atoms with E-state index < -0.39 is 10.0 Å². The molecule has 0 aliphatic rings. The number of carbonyl (C=O) groups is 1. The maximum Gasteiger partial charge on any atom is 0.261 e. The van der Waals surface area contributed by atoms with Gasteiger partial charge in [-0.25, -0.2) is 8.42 Å². The molecule has 6 heteroatoms. The topological polar surface area (TPSA) is 75.3 Å². The van der Waals surface area contributed by atoms with Crippen LogP contribution in [0.2, 0.25) is 0 Å². The molecule has 132 valence electrons. The van der Waals surface area contributed by atoms with Gasteiger partial charge in [-0.2, -0.15) is 0 Å². The van der Waals surface area contributed by atoms with Crippen LogP contribution >= 0.6 is 0 Å². The minimum Gasteiger partial charge on any atom is -0.322 e. The molecule has 26 heavy (non-hydrogen) atoms. The maximum absolute atomic E-state index is 12.4. The van der Waals surface area contributed by atoms with E-state index in [9.17, 15) is 13.2 Å². The fourth-order valence-electron chi connectivity index (χ4n) is 2.38. The molecule has 0 atom stereocenters. The lowest BCUT2D eigenvalue weighted by molar-refractivity contribution is 0.102. The van der Waals surface area contributed by atoms with Crippen molar-refractivity contribution in [1.29, 1.82) is 0 Å². The Kier molecular flexibility index (Phi) is 5.04. The molecule has 0 aromatic heterocycles. The molecule has 0 unspecified atom stereocenters. The standard InChI is InChI=1S/C20H18N2O3S/c1-15-10-12-17(13-11-15)21-20(23)16-6-5-7-18(14-16)22-26(24,25)19-8-3-2-4-9-19/h2-14,22H,1H3,(H,21,23). The van der Waals surface area contributed by atoms with Crippen molar-refractivity contribution in [2.75, 3.05) is 10.0 Å². The molecular weight excluding hydrogens is 348 g/mol. The number of sulfonamides is 1. The van der Waals surface area contributed by atoms with Crippen molar-refractivity contribution < 1.29 is 13.2 Å². The highest BCUT2D eigenvalue weighted by Crippen LogP contribution is 2.18. The van der Waals surface area contributed by atoms with Gasteiger partial charge >= 0.3 is 0 Å². The zero-order valence-electron chi connectivity index (χ0n) is 14.1. The summed E-state index contributed by atoms with van der Waals surface area (Å²) in [4.78, 5) is 12.6. The Morgan fingerprint density at radius 1 is 0.808 bits per heavy atom. The first kappa shape index (κ1) is 17.7. The largest absolute Gasteiger partial charge is 0.322 e. The van der Waals surface area contributed by atoms with Crippen LogP contribution in [0.1, 0.15) is 15.9 Å². The van der Waals surface area contributed by atoms with Gasteiger partial charge in [0.05, 0.1) is 4.90 Å². The van der Waals surface area contributed by atoms with E-state index in [1.807, 2.05) is 31.2 Å². The number of rotatable bonds is 5. The molecule has 2 N–H and O–H groups in total. The SMILES string of the molecule is Cc1ccc(NC(=O)c2cccc(NS(=O)(=O)c3ccccc3)c2)cc1. The number of amides is 1. The first-order valence-corrected chi connectivity index (χ1v) is 9.48. The third kappa shape index (κ3) is 4.29. The quantitative estimate of drug-likeness (QED) is 0.715. The highest BCUT2D eigenvalue weighted by atomic mass is 32.2. The van der Waals surface area contributed by atoms with Gasteiger partial charge in [-0.3, -0.25) is 9.52 Å². The van der Waals surface area contributed by atoms with Gasteiger partial charge in [-0.05, 0) is 49.4 Å². The van der Waals surface area contributed by atoms with Crippen molar-refractivity contribution in [2.24, 2.45) is 0 Å². The van der Waals surface area contributed by atoms with Crippen LogP contribution in [0.3, 0.4) is 0 Å². The normalized spacial score (nSPS) is 11.0. The molecular formula is C20H18N2O3S. The Hall–Kier alpha value is -3.12. The number of hydrogen-bond acceptors (Lipinski definition) is 3. The second kappa shape index (κ2) is 7.41. The first-order chi connectivity index (χ1) is 12.4. The molecule has 0 heterocycles. The van der Waals surface area contributed by atoms with E-state index in [2.05, 4.69) is 10.0 Å². The van der Waals surface area contributed by atoms with Gasteiger partial charge in [0.1, 0.15) is 0 Å². The molecule has 0 aliphatic heterocycles. The van der Waals surface area contributed by atoms with Gasteiger partial charge in [0.15, 0.2) is 0 Å². The van der Waals surface area contributed by atoms with Crippen molar-refractivity contribution in [3.63, 3.8) is 0 Å². The third-order valence-electron chi connectivity index (χ3n) is 3.74. The summed E-state index contributed by atoms with van der Waals surface area (Å²) in [5.41, 5.74) is 2.46. The summed E-state index contributed by atoms with van der Waals surface area (Å²) in [5, 5.41) is 2.79. The predicted octanol–water partition coefficient (Wildman–Crippen LogP) is 4.05. The molecule has 3 aromatic rings. The average Bonchev–Trinajstić information content (AvgIpc) is 2.64. The molecule has 5 nitrogen and oxygen atoms in total. The zero-order valence-corrected chi connectivity index (χ0v) is 15.0. The predicted molar refractivity (Wildman–Crippen MR) is 103 cm³/mol. The summed E-state index contributed by atoms with van der Waals surface area (Å²) >= 11 is 0. The Morgan fingerprint density at radius 3 is 2.19 bits per heavy atom. The average molecular weight is 366 g/mol. The number of carbonyl (C=O) groups excluding carboxylic acids is 1. The molecule has 0 saturated carbocycles. The molecule has 0 bridgehead atoms. The van der Waals surface area contributed by atoms with Crippen LogP contribution in [0.15, 0.2) is 83.8 Å². The molecule has 0 aliphatic carbocycles. The minimum atomic E-state index is -3.70. The molecule has 3 aromatic carbocycles. The maximum atomic E-state index is 12.4. The van der Waals surface area contributed by atoms with Crippen LogP contribution in [0, 0.1) is 6.92 Å². The number of hydrogen-bond donors (Lipinski definition) is 2. The number of aryl methyl sites for hydroxylation is 1. The van der Waals surface area contributed by atoms with E-state index in [1.54, 1.807) is 36.4 Å². The highest BCUT2D eigenvalue weighted by Gasteiger charge is 2.14. The molecule has 0 spiro atoms. The summed E-state index contributed by atoms with van der Waals surface area (Å²) in [7, 11) is -3.70. The van der Waals surface area contributed by atoms with Gasteiger partial charge in [0, 0.05) is 16.9 Å². The molecule has 0 fully saturated rings. The third-order valence-corrected chi connectivity index (χ3v) is 5.14. The van der Waals surface area contributed by atoms with E-state index >= 15 is 0 Å². The van der Waals surface area contributed by atoms with Crippen LogP contribution in [0.25, 0.3) is 0 Å². The lowest BCUT2D eigenvalue weighted by atomic mass is 10.2. The van der Waals surface area contributed by atoms with Crippen molar-refractivity contribution in [2.45, 2.75) is 11.8 Å². The fourth-order valence-corrected chi connectivity index (χ4v) is 3.45. The van der Waals surface area contributed by atoms with Crippen LogP contribution in [-0.2, 0) is 10.0 Å². The summed E-state index contributed by atoms with van der Waals surface area (Å²) < 4.78 is 27.3. The molecule has 0 saturated heterocycles. The van der Waals surface area contributed by atoms with E-state index in [4.69, 9.17) is 0 Å². The summed E-state index contributed by atoms with van der Waals surface area (Å²) in [5.74, 6) is -0.311. The van der Waals surface area contributed by atoms with Crippen molar-refractivity contribution >= 4 is 27.3 Å². The number of anilines is 2. The molecule has 1 amide bonds. The number of benzene rings is 3. The summed E-state index contributed by atoms with van der Waals surface area (Å²) in [6, 6.07) is 21.9. The smallest absolute Gasteiger partial charge is 0.261 e. The number of nitrogens with one attached hydrogen (secondary N) is 2. The minimum absolute atomic E-state index is 0.162. The van der Waals surface area contributed by atoms with Gasteiger partial charge in [0.25, 0.3) is 15.9 Å². The summed E-state index contributed by atoms with van der Waals surface area (Å²) in [6.45, 7) is 1.97. The van der Waals surface area contributed by atoms with Crippen LogP contribution in [-0.4, -0.2) is 14.3 Å². The van der Waals surface area contributed by atoms with E-state index in [0.29, 0.717) is 16.9 Å². The van der Waals surface area contributed by atoms with E-state index in [-0.39, 0.29) is 10.8 Å². The van der Waals surface area contributed by atoms with Gasteiger partial charge < -0.3 is 5.32 Å². The lowest BCUT2D eigenvalue weighted by Gasteiger charge is -2.10. The Bertz CT molecular complexity index is 1010. The highest BCUT2D eigenvalue weighted by molar-refractivity contribution is 7.92. The second-order valence-corrected chi connectivity index (χ2v) is 7.50. The van der Waals surface area contributed by atoms with Crippen LogP contribution in [0.4, 0.5) is 11.4 Å². The van der Waals surface area contributed by atoms with Gasteiger partial charge in [-0.15, -0.1) is 0 Å². The van der Waals surface area contributed by atoms with Crippen molar-refractivity contribution in [3.8, 4) is 0 Å². The van der Waals surface area contributed by atoms with Gasteiger partial charge in [0.2, 0.25) is 0 Å². The van der Waals surface area contributed by atoms with Crippen LogP contribution < -0.4 is 10.0 Å². The second-order valence-electron chi connectivity index (χ2n) is 5.82. The Morgan fingerprint density at radius 2 is 1.50 bits per heavy atom. The lowest BCUT2D eigenvalue weighted by Crippen LogP contribution is -2.15. The van der Waals surface area contributed by atoms with E-state index in [0.717, 1.165) is 5.56 Å². The molecule has 3 rings (SSSR count). The van der Waals surface area contributed by atoms with Crippen molar-refractivity contribution in [3.05, 3.63) is 90.0 Å². The van der Waals surface area contributed by atoms with Gasteiger partial charge in [-0.1, -0.05) is 42.0 Å². The van der Waals surface area contributed by atoms with E-state index in [1.165, 1.54) is 18.2 Å². The van der Waals surface area contributed by atoms with Crippen LogP contribution in [0.5, 0.6) is 0 Å². The zero-order chi connectivity index (χ0) is 18.6. The Labute approximate surface area is 152 Å². The first-order valence-electron chi connectivity index (χ1n) is 8.00. The molecule has 0 radical (unpaired) electrons. The van der Waals surface area contributed by atoms with Crippen molar-refractivity contribution in [1.82, 2.24) is 0 Å². The monoisotopic (exact) mass is 366 g/mol.